The lowest BCUT2D eigenvalue weighted by atomic mass is 10.0. The summed E-state index contributed by atoms with van der Waals surface area (Å²) in [4.78, 5) is 16.1. The van der Waals surface area contributed by atoms with Crippen LogP contribution in [0, 0.1) is 18.3 Å². The summed E-state index contributed by atoms with van der Waals surface area (Å²) in [5.41, 5.74) is 3.08. The van der Waals surface area contributed by atoms with Crippen LogP contribution in [0.25, 0.3) is 0 Å². The minimum atomic E-state index is -0.180. The predicted octanol–water partition coefficient (Wildman–Crippen LogP) is 3.69. The molecule has 4 rings (SSSR count). The van der Waals surface area contributed by atoms with Crippen molar-refractivity contribution in [3.63, 3.8) is 0 Å². The summed E-state index contributed by atoms with van der Waals surface area (Å²) < 4.78 is 0. The molecule has 7 nitrogen and oxygen atoms in total. The van der Waals surface area contributed by atoms with E-state index in [-0.39, 0.29) is 12.6 Å². The Balaban J connectivity index is 1.63. The molecule has 0 amide bonds. The largest absolute Gasteiger partial charge is 0.391 e. The molecular formula is C20H20N6OS. The number of benzene rings is 1. The molecule has 2 N–H and O–H groups in total. The monoisotopic (exact) mass is 392 g/mol. The number of aliphatic hydroxyl groups excluding tert-OH is 1. The number of aliphatic hydroxyl groups is 1. The van der Waals surface area contributed by atoms with Crippen molar-refractivity contribution in [3.8, 4) is 6.07 Å². The molecule has 1 aliphatic heterocycles. The average Bonchev–Trinajstić information content (AvgIpc) is 3.38. The third kappa shape index (κ3) is 3.67. The number of anilines is 3. The molecule has 28 heavy (non-hydrogen) atoms. The number of hydrogen-bond donors (Lipinski definition) is 2. The van der Waals surface area contributed by atoms with E-state index >= 15 is 0 Å². The first kappa shape index (κ1) is 18.3. The SMILES string of the molecule is Cc1ccc(C2CCCN2c2ncc(CO)c(Nc3ncc(C#N)s3)n2)cc1. The van der Waals surface area contributed by atoms with Gasteiger partial charge in [0, 0.05) is 18.3 Å². The molecule has 2 aromatic heterocycles. The molecule has 0 saturated carbocycles. The van der Waals surface area contributed by atoms with E-state index in [1.165, 1.54) is 28.7 Å². The lowest BCUT2D eigenvalue weighted by Gasteiger charge is -2.25. The Morgan fingerprint density at radius 2 is 2.11 bits per heavy atom. The second kappa shape index (κ2) is 7.92. The van der Waals surface area contributed by atoms with E-state index in [0.717, 1.165) is 19.4 Å². The van der Waals surface area contributed by atoms with Crippen LogP contribution >= 0.6 is 11.3 Å². The van der Waals surface area contributed by atoms with Crippen LogP contribution < -0.4 is 10.2 Å². The molecule has 1 aliphatic rings. The summed E-state index contributed by atoms with van der Waals surface area (Å²) >= 11 is 1.24. The Labute approximate surface area is 167 Å². The van der Waals surface area contributed by atoms with E-state index in [9.17, 15) is 5.11 Å². The Morgan fingerprint density at radius 3 is 2.82 bits per heavy atom. The van der Waals surface area contributed by atoms with Gasteiger partial charge in [0.2, 0.25) is 5.95 Å². The maximum absolute atomic E-state index is 9.66. The molecular weight excluding hydrogens is 372 g/mol. The molecule has 1 fully saturated rings. The first-order chi connectivity index (χ1) is 13.7. The van der Waals surface area contributed by atoms with Crippen molar-refractivity contribution in [1.29, 1.82) is 5.26 Å². The van der Waals surface area contributed by atoms with Crippen molar-refractivity contribution in [1.82, 2.24) is 15.0 Å². The van der Waals surface area contributed by atoms with E-state index in [2.05, 4.69) is 62.4 Å². The summed E-state index contributed by atoms with van der Waals surface area (Å²) in [6, 6.07) is 10.9. The second-order valence-corrected chi connectivity index (χ2v) is 7.76. The highest BCUT2D eigenvalue weighted by Crippen LogP contribution is 2.35. The topological polar surface area (TPSA) is 98.0 Å². The highest BCUT2D eigenvalue weighted by Gasteiger charge is 2.28. The zero-order valence-corrected chi connectivity index (χ0v) is 16.3. The van der Waals surface area contributed by atoms with Gasteiger partial charge in [0.25, 0.3) is 0 Å². The predicted molar refractivity (Wildman–Crippen MR) is 109 cm³/mol. The number of thiazole rings is 1. The van der Waals surface area contributed by atoms with Crippen molar-refractivity contribution in [2.75, 3.05) is 16.8 Å². The fourth-order valence-corrected chi connectivity index (χ4v) is 4.00. The molecule has 0 spiro atoms. The summed E-state index contributed by atoms with van der Waals surface area (Å²) in [7, 11) is 0. The van der Waals surface area contributed by atoms with Gasteiger partial charge in [-0.1, -0.05) is 41.2 Å². The van der Waals surface area contributed by atoms with E-state index in [4.69, 9.17) is 5.26 Å². The van der Waals surface area contributed by atoms with Gasteiger partial charge in [-0.3, -0.25) is 0 Å². The molecule has 1 aromatic carbocycles. The fraction of sp³-hybridized carbons (Fsp3) is 0.300. The van der Waals surface area contributed by atoms with Crippen LogP contribution in [0.2, 0.25) is 0 Å². The molecule has 1 unspecified atom stereocenters. The smallest absolute Gasteiger partial charge is 0.227 e. The third-order valence-corrected chi connectivity index (χ3v) is 5.65. The van der Waals surface area contributed by atoms with E-state index < -0.39 is 0 Å². The number of hydrogen-bond acceptors (Lipinski definition) is 8. The Hall–Kier alpha value is -3.02. The Kier molecular flexibility index (Phi) is 5.19. The highest BCUT2D eigenvalue weighted by molar-refractivity contribution is 7.16. The van der Waals surface area contributed by atoms with Gasteiger partial charge in [0.1, 0.15) is 16.8 Å². The van der Waals surface area contributed by atoms with Crippen LogP contribution in [0.3, 0.4) is 0 Å². The number of rotatable bonds is 5. The van der Waals surface area contributed by atoms with Crippen molar-refractivity contribution in [3.05, 3.63) is 58.2 Å². The van der Waals surface area contributed by atoms with Crippen molar-refractivity contribution in [2.24, 2.45) is 0 Å². The van der Waals surface area contributed by atoms with Gasteiger partial charge in [0.05, 0.1) is 18.8 Å². The van der Waals surface area contributed by atoms with Crippen LogP contribution in [-0.2, 0) is 6.61 Å². The minimum Gasteiger partial charge on any atom is -0.391 e. The first-order valence-corrected chi connectivity index (χ1v) is 9.92. The standard InChI is InChI=1S/C20H20N6OS/c1-13-4-6-14(7-5-13)17-3-2-8-26(17)19-22-10-15(12-27)18(24-19)25-20-23-11-16(9-21)28-20/h4-7,10-11,17,27H,2-3,8,12H2,1H3,(H,22,23,24,25). The van der Waals surface area contributed by atoms with Crippen molar-refractivity contribution >= 4 is 28.2 Å². The summed E-state index contributed by atoms with van der Waals surface area (Å²) in [6.45, 7) is 2.79. The molecule has 8 heteroatoms. The number of aromatic nitrogens is 3. The normalized spacial score (nSPS) is 16.2. The summed E-state index contributed by atoms with van der Waals surface area (Å²) in [6.07, 6.45) is 5.29. The van der Waals surface area contributed by atoms with Crippen molar-refractivity contribution in [2.45, 2.75) is 32.4 Å². The second-order valence-electron chi connectivity index (χ2n) is 6.73. The van der Waals surface area contributed by atoms with Gasteiger partial charge in [-0.25, -0.2) is 9.97 Å². The summed E-state index contributed by atoms with van der Waals surface area (Å²) in [5, 5.41) is 22.3. The molecule has 3 aromatic rings. The number of aryl methyl sites for hydroxylation is 1. The third-order valence-electron chi connectivity index (χ3n) is 4.84. The van der Waals surface area contributed by atoms with Crippen LogP contribution in [0.5, 0.6) is 0 Å². The zero-order valence-electron chi connectivity index (χ0n) is 15.5. The van der Waals surface area contributed by atoms with E-state index in [1.807, 2.05) is 0 Å². The maximum atomic E-state index is 9.66. The van der Waals surface area contributed by atoms with Crippen molar-refractivity contribution < 1.29 is 5.11 Å². The molecule has 0 aliphatic carbocycles. The summed E-state index contributed by atoms with van der Waals surface area (Å²) in [5.74, 6) is 1.14. The van der Waals surface area contributed by atoms with Crippen LogP contribution in [0.4, 0.5) is 16.9 Å². The quantitative estimate of drug-likeness (QED) is 0.683. The number of nitriles is 1. The van der Waals surface area contributed by atoms with Gasteiger partial charge < -0.3 is 15.3 Å². The zero-order chi connectivity index (χ0) is 19.5. The maximum Gasteiger partial charge on any atom is 0.227 e. The Bertz CT molecular complexity index is 1010. The van der Waals surface area contributed by atoms with Gasteiger partial charge in [-0.2, -0.15) is 10.2 Å². The molecule has 142 valence electrons. The van der Waals surface area contributed by atoms with Gasteiger partial charge in [0.15, 0.2) is 5.13 Å². The van der Waals surface area contributed by atoms with Crippen LogP contribution in [0.1, 0.15) is 40.5 Å². The highest BCUT2D eigenvalue weighted by atomic mass is 32.1. The average molecular weight is 392 g/mol. The molecule has 0 bridgehead atoms. The fourth-order valence-electron chi connectivity index (χ4n) is 3.39. The van der Waals surface area contributed by atoms with Crippen LogP contribution in [-0.4, -0.2) is 26.6 Å². The first-order valence-electron chi connectivity index (χ1n) is 9.11. The number of nitrogens with one attached hydrogen (secondary N) is 1. The molecule has 3 heterocycles. The minimum absolute atomic E-state index is 0.180. The Morgan fingerprint density at radius 1 is 1.29 bits per heavy atom. The lowest BCUT2D eigenvalue weighted by molar-refractivity contribution is 0.281. The van der Waals surface area contributed by atoms with Gasteiger partial charge in [-0.05, 0) is 25.3 Å². The number of nitrogens with zero attached hydrogens (tertiary/aromatic N) is 5. The van der Waals surface area contributed by atoms with Crippen LogP contribution in [0.15, 0.2) is 36.7 Å². The van der Waals surface area contributed by atoms with Gasteiger partial charge in [-0.15, -0.1) is 0 Å². The van der Waals surface area contributed by atoms with Gasteiger partial charge >= 0.3 is 0 Å². The van der Waals surface area contributed by atoms with E-state index in [1.54, 1.807) is 6.20 Å². The molecule has 0 radical (unpaired) electrons. The molecule has 1 saturated heterocycles. The van der Waals surface area contributed by atoms with E-state index in [0.29, 0.717) is 27.3 Å². The molecule has 1 atom stereocenters. The lowest BCUT2D eigenvalue weighted by Crippen LogP contribution is -2.25.